The summed E-state index contributed by atoms with van der Waals surface area (Å²) in [5.41, 5.74) is 1.29. The molecule has 0 unspecified atom stereocenters. The number of carbonyl (C=O) groups excluding carboxylic acids is 1. The van der Waals surface area contributed by atoms with Crippen LogP contribution < -0.4 is 4.90 Å². The second-order valence-corrected chi connectivity index (χ2v) is 5.95. The van der Waals surface area contributed by atoms with Gasteiger partial charge in [0.2, 0.25) is 5.91 Å². The van der Waals surface area contributed by atoms with Crippen molar-refractivity contribution >= 4 is 17.4 Å². The molecule has 8 heteroatoms. The van der Waals surface area contributed by atoms with Crippen molar-refractivity contribution in [2.75, 3.05) is 31.1 Å². The molecule has 0 aliphatic carbocycles. The van der Waals surface area contributed by atoms with Crippen LogP contribution in [0.2, 0.25) is 0 Å². The second-order valence-electron chi connectivity index (χ2n) is 5.95. The monoisotopic (exact) mass is 351 g/mol. The molecule has 1 aliphatic rings. The molecule has 1 amide bonds. The Hall–Kier alpha value is -3.47. The first-order valence-corrected chi connectivity index (χ1v) is 8.19. The molecular weight excluding hydrogens is 334 g/mol. The van der Waals surface area contributed by atoms with Gasteiger partial charge in [-0.2, -0.15) is 5.26 Å². The number of nitrogens with zero attached hydrogens (tertiary/aromatic N) is 5. The van der Waals surface area contributed by atoms with Crippen LogP contribution in [0.25, 0.3) is 0 Å². The van der Waals surface area contributed by atoms with Gasteiger partial charge < -0.3 is 9.80 Å². The van der Waals surface area contributed by atoms with Gasteiger partial charge in [-0.05, 0) is 17.7 Å². The fourth-order valence-electron chi connectivity index (χ4n) is 2.93. The van der Waals surface area contributed by atoms with Crippen LogP contribution >= 0.6 is 0 Å². The fourth-order valence-corrected chi connectivity index (χ4v) is 2.93. The number of nitriles is 1. The van der Waals surface area contributed by atoms with Gasteiger partial charge in [-0.3, -0.25) is 14.9 Å². The molecule has 8 nitrogen and oxygen atoms in total. The van der Waals surface area contributed by atoms with E-state index in [2.05, 4.69) is 11.1 Å². The van der Waals surface area contributed by atoms with Crippen LogP contribution in [0.5, 0.6) is 0 Å². The Morgan fingerprint density at radius 2 is 1.88 bits per heavy atom. The smallest absolute Gasteiger partial charge is 0.269 e. The number of aromatic nitrogens is 1. The van der Waals surface area contributed by atoms with Crippen molar-refractivity contribution in [2.45, 2.75) is 6.42 Å². The summed E-state index contributed by atoms with van der Waals surface area (Å²) in [5, 5.41) is 19.9. The number of carbonyl (C=O) groups is 1. The lowest BCUT2D eigenvalue weighted by atomic mass is 10.1. The molecule has 1 aliphatic heterocycles. The minimum absolute atomic E-state index is 0.0125. The molecule has 0 saturated carbocycles. The SMILES string of the molecule is N#Cc1cccnc1N1CCN(C(=O)Cc2ccc([N+](=O)[O-])cc2)CC1. The third-order valence-corrected chi connectivity index (χ3v) is 4.34. The van der Waals surface area contributed by atoms with E-state index in [9.17, 15) is 20.2 Å². The zero-order chi connectivity index (χ0) is 18.5. The van der Waals surface area contributed by atoms with Gasteiger partial charge in [0.25, 0.3) is 5.69 Å². The Morgan fingerprint density at radius 3 is 2.50 bits per heavy atom. The van der Waals surface area contributed by atoms with Crippen molar-refractivity contribution in [3.05, 3.63) is 63.8 Å². The predicted molar refractivity (Wildman–Crippen MR) is 94.5 cm³/mol. The number of amides is 1. The van der Waals surface area contributed by atoms with Crippen LogP contribution in [-0.2, 0) is 11.2 Å². The van der Waals surface area contributed by atoms with Gasteiger partial charge in [0.05, 0.1) is 16.9 Å². The van der Waals surface area contributed by atoms with Crippen molar-refractivity contribution in [3.63, 3.8) is 0 Å². The van der Waals surface area contributed by atoms with Gasteiger partial charge in [-0.25, -0.2) is 4.98 Å². The molecule has 0 N–H and O–H groups in total. The molecule has 0 spiro atoms. The summed E-state index contributed by atoms with van der Waals surface area (Å²) in [4.78, 5) is 30.7. The first-order chi connectivity index (χ1) is 12.6. The average Bonchev–Trinajstić information content (AvgIpc) is 2.68. The summed E-state index contributed by atoms with van der Waals surface area (Å²) in [5.74, 6) is 0.637. The van der Waals surface area contributed by atoms with Crippen molar-refractivity contribution in [1.29, 1.82) is 5.26 Å². The number of piperazine rings is 1. The molecular formula is C18H17N5O3. The van der Waals surface area contributed by atoms with Crippen molar-refractivity contribution in [2.24, 2.45) is 0 Å². The molecule has 1 aromatic heterocycles. The Bertz CT molecular complexity index is 852. The Kier molecular flexibility index (Phi) is 5.08. The number of pyridine rings is 1. The maximum Gasteiger partial charge on any atom is 0.269 e. The maximum absolute atomic E-state index is 12.5. The van der Waals surface area contributed by atoms with Gasteiger partial charge in [0, 0.05) is 44.5 Å². The number of nitro groups is 1. The quantitative estimate of drug-likeness (QED) is 0.614. The zero-order valence-corrected chi connectivity index (χ0v) is 14.0. The van der Waals surface area contributed by atoms with Crippen LogP contribution in [-0.4, -0.2) is 46.9 Å². The number of benzene rings is 1. The third kappa shape index (κ3) is 3.78. The van der Waals surface area contributed by atoms with Gasteiger partial charge in [-0.1, -0.05) is 12.1 Å². The molecule has 132 valence electrons. The van der Waals surface area contributed by atoms with Gasteiger partial charge in [0.1, 0.15) is 11.9 Å². The standard InChI is InChI=1S/C18H17N5O3/c19-13-15-2-1-7-20-18(15)22-10-8-21(9-11-22)17(24)12-14-3-5-16(6-4-14)23(25)26/h1-7H,8-12H2. The van der Waals surface area contributed by atoms with E-state index in [1.165, 1.54) is 12.1 Å². The summed E-state index contributed by atoms with van der Waals surface area (Å²) < 4.78 is 0. The fraction of sp³-hybridized carbons (Fsp3) is 0.278. The lowest BCUT2D eigenvalue weighted by molar-refractivity contribution is -0.384. The average molecular weight is 351 g/mol. The van der Waals surface area contributed by atoms with E-state index in [4.69, 9.17) is 0 Å². The highest BCUT2D eigenvalue weighted by Gasteiger charge is 2.23. The van der Waals surface area contributed by atoms with E-state index >= 15 is 0 Å². The molecule has 0 radical (unpaired) electrons. The number of anilines is 1. The van der Waals surface area contributed by atoms with Gasteiger partial charge >= 0.3 is 0 Å². The molecule has 0 bridgehead atoms. The lowest BCUT2D eigenvalue weighted by Gasteiger charge is -2.35. The largest absolute Gasteiger partial charge is 0.352 e. The van der Waals surface area contributed by atoms with Crippen LogP contribution in [0.1, 0.15) is 11.1 Å². The molecule has 3 rings (SSSR count). The maximum atomic E-state index is 12.5. The normalized spacial score (nSPS) is 14.0. The van der Waals surface area contributed by atoms with Crippen molar-refractivity contribution in [3.8, 4) is 6.07 Å². The summed E-state index contributed by atoms with van der Waals surface area (Å²) in [7, 11) is 0. The number of nitro benzene ring substituents is 1. The number of hydrogen-bond donors (Lipinski definition) is 0. The summed E-state index contributed by atoms with van der Waals surface area (Å²) in [6, 6.07) is 11.6. The molecule has 2 aromatic rings. The Labute approximate surface area is 150 Å². The molecule has 0 atom stereocenters. The van der Waals surface area contributed by atoms with Crippen LogP contribution in [0.4, 0.5) is 11.5 Å². The van der Waals surface area contributed by atoms with E-state index in [1.807, 2.05) is 4.90 Å². The first kappa shape index (κ1) is 17.4. The zero-order valence-electron chi connectivity index (χ0n) is 14.0. The predicted octanol–water partition coefficient (Wildman–Crippen LogP) is 1.75. The van der Waals surface area contributed by atoms with Crippen molar-refractivity contribution in [1.82, 2.24) is 9.88 Å². The van der Waals surface area contributed by atoms with E-state index in [1.54, 1.807) is 35.4 Å². The minimum Gasteiger partial charge on any atom is -0.352 e. The first-order valence-electron chi connectivity index (χ1n) is 8.19. The van der Waals surface area contributed by atoms with Crippen LogP contribution in [0.15, 0.2) is 42.6 Å². The molecule has 26 heavy (non-hydrogen) atoms. The van der Waals surface area contributed by atoms with E-state index < -0.39 is 4.92 Å². The second kappa shape index (κ2) is 7.61. The van der Waals surface area contributed by atoms with E-state index in [-0.39, 0.29) is 18.0 Å². The molecule has 1 fully saturated rings. The van der Waals surface area contributed by atoms with Crippen LogP contribution in [0.3, 0.4) is 0 Å². The van der Waals surface area contributed by atoms with Gasteiger partial charge in [-0.15, -0.1) is 0 Å². The number of hydrogen-bond acceptors (Lipinski definition) is 6. The number of non-ortho nitro benzene ring substituents is 1. The molecule has 1 saturated heterocycles. The topological polar surface area (TPSA) is 103 Å². The Morgan fingerprint density at radius 1 is 1.19 bits per heavy atom. The minimum atomic E-state index is -0.460. The summed E-state index contributed by atoms with van der Waals surface area (Å²) in [6.07, 6.45) is 1.87. The van der Waals surface area contributed by atoms with E-state index in [0.717, 1.165) is 5.56 Å². The highest BCUT2D eigenvalue weighted by molar-refractivity contribution is 5.79. The third-order valence-electron chi connectivity index (χ3n) is 4.34. The van der Waals surface area contributed by atoms with Crippen LogP contribution in [0, 0.1) is 21.4 Å². The highest BCUT2D eigenvalue weighted by Crippen LogP contribution is 2.19. The van der Waals surface area contributed by atoms with Crippen molar-refractivity contribution < 1.29 is 9.72 Å². The summed E-state index contributed by atoms with van der Waals surface area (Å²) in [6.45, 7) is 2.32. The lowest BCUT2D eigenvalue weighted by Crippen LogP contribution is -2.49. The summed E-state index contributed by atoms with van der Waals surface area (Å²) >= 11 is 0. The van der Waals surface area contributed by atoms with E-state index in [0.29, 0.717) is 37.6 Å². The molecule has 2 heterocycles. The molecule has 1 aromatic carbocycles. The highest BCUT2D eigenvalue weighted by atomic mass is 16.6. The van der Waals surface area contributed by atoms with Gasteiger partial charge in [0.15, 0.2) is 0 Å². The Balaban J connectivity index is 1.58. The number of rotatable bonds is 4.